The van der Waals surface area contributed by atoms with Crippen LogP contribution in [0.3, 0.4) is 0 Å². The third kappa shape index (κ3) is 2.93. The quantitative estimate of drug-likeness (QED) is 0.805. The number of hydrogen-bond acceptors (Lipinski definition) is 2. The molecular formula is C17H20FNO. The van der Waals surface area contributed by atoms with Crippen molar-refractivity contribution in [2.24, 2.45) is 0 Å². The zero-order chi connectivity index (χ0) is 14.8. The summed E-state index contributed by atoms with van der Waals surface area (Å²) < 4.78 is 19.0. The molecule has 2 rings (SSSR count). The fourth-order valence-electron chi connectivity index (χ4n) is 1.91. The number of rotatable bonds is 4. The van der Waals surface area contributed by atoms with Gasteiger partial charge in [0, 0.05) is 0 Å². The molecule has 0 saturated carbocycles. The lowest BCUT2D eigenvalue weighted by Crippen LogP contribution is -2.14. The minimum Gasteiger partial charge on any atom is -0.455 e. The van der Waals surface area contributed by atoms with Crippen LogP contribution in [0.4, 0.5) is 10.1 Å². The zero-order valence-corrected chi connectivity index (χ0v) is 12.1. The van der Waals surface area contributed by atoms with Gasteiger partial charge in [0.2, 0.25) is 0 Å². The molecule has 2 nitrogen and oxygen atoms in total. The first-order chi connectivity index (χ1) is 9.44. The van der Waals surface area contributed by atoms with Gasteiger partial charge in [-0.25, -0.2) is 4.39 Å². The van der Waals surface area contributed by atoms with Gasteiger partial charge in [0.15, 0.2) is 5.75 Å². The molecule has 0 aliphatic rings. The number of nitrogen functional groups attached to an aromatic ring is 1. The van der Waals surface area contributed by atoms with Crippen LogP contribution in [0.2, 0.25) is 0 Å². The Bertz CT molecular complexity index is 590. The van der Waals surface area contributed by atoms with E-state index >= 15 is 0 Å². The van der Waals surface area contributed by atoms with Crippen LogP contribution in [-0.4, -0.2) is 0 Å². The molecular weight excluding hydrogens is 253 g/mol. The molecule has 0 atom stereocenters. The van der Waals surface area contributed by atoms with Gasteiger partial charge in [0.1, 0.15) is 17.3 Å². The molecule has 20 heavy (non-hydrogen) atoms. The van der Waals surface area contributed by atoms with E-state index in [0.717, 1.165) is 6.42 Å². The summed E-state index contributed by atoms with van der Waals surface area (Å²) in [5, 5.41) is 0. The minimum absolute atomic E-state index is 0.0328. The van der Waals surface area contributed by atoms with Gasteiger partial charge in [0.25, 0.3) is 0 Å². The molecule has 0 amide bonds. The van der Waals surface area contributed by atoms with E-state index in [-0.39, 0.29) is 11.1 Å². The van der Waals surface area contributed by atoms with E-state index in [1.807, 2.05) is 24.3 Å². The third-order valence-corrected chi connectivity index (χ3v) is 3.76. The van der Waals surface area contributed by atoms with Crippen molar-refractivity contribution in [1.82, 2.24) is 0 Å². The predicted molar refractivity (Wildman–Crippen MR) is 80.6 cm³/mol. The summed E-state index contributed by atoms with van der Waals surface area (Å²) >= 11 is 0. The summed E-state index contributed by atoms with van der Waals surface area (Å²) in [6.45, 7) is 6.57. The largest absolute Gasteiger partial charge is 0.455 e. The fourth-order valence-corrected chi connectivity index (χ4v) is 1.91. The van der Waals surface area contributed by atoms with Crippen molar-refractivity contribution in [2.75, 3.05) is 5.73 Å². The molecule has 2 aromatic carbocycles. The molecule has 0 aromatic heterocycles. The molecule has 0 fully saturated rings. The number of halogens is 1. The summed E-state index contributed by atoms with van der Waals surface area (Å²) in [6, 6.07) is 12.4. The van der Waals surface area contributed by atoms with E-state index in [1.54, 1.807) is 12.1 Å². The Labute approximate surface area is 119 Å². The summed E-state index contributed by atoms with van der Waals surface area (Å²) in [7, 11) is 0. The number of benzene rings is 2. The Hall–Kier alpha value is -2.03. The Morgan fingerprint density at radius 1 is 1.10 bits per heavy atom. The lowest BCUT2D eigenvalue weighted by molar-refractivity contribution is 0.476. The molecule has 0 bridgehead atoms. The number of anilines is 1. The third-order valence-electron chi connectivity index (χ3n) is 3.76. The minimum atomic E-state index is -0.466. The first-order valence-electron chi connectivity index (χ1n) is 6.76. The lowest BCUT2D eigenvalue weighted by Gasteiger charge is -2.23. The molecule has 0 spiro atoms. The van der Waals surface area contributed by atoms with E-state index < -0.39 is 5.82 Å². The average molecular weight is 273 g/mol. The Kier molecular flexibility index (Phi) is 3.98. The van der Waals surface area contributed by atoms with Crippen LogP contribution in [0.5, 0.6) is 11.5 Å². The van der Waals surface area contributed by atoms with Crippen LogP contribution in [-0.2, 0) is 5.41 Å². The van der Waals surface area contributed by atoms with Crippen molar-refractivity contribution in [3.63, 3.8) is 0 Å². The topological polar surface area (TPSA) is 35.2 Å². The average Bonchev–Trinajstić information content (AvgIpc) is 2.44. The lowest BCUT2D eigenvalue weighted by atomic mass is 9.82. The molecule has 0 radical (unpaired) electrons. The number of nitrogens with two attached hydrogens (primary N) is 1. The van der Waals surface area contributed by atoms with Crippen molar-refractivity contribution < 1.29 is 9.13 Å². The van der Waals surface area contributed by atoms with Gasteiger partial charge < -0.3 is 10.5 Å². The van der Waals surface area contributed by atoms with Crippen LogP contribution < -0.4 is 10.5 Å². The van der Waals surface area contributed by atoms with Gasteiger partial charge in [0.05, 0.1) is 0 Å². The zero-order valence-electron chi connectivity index (χ0n) is 12.1. The molecule has 0 unspecified atom stereocenters. The van der Waals surface area contributed by atoms with Crippen LogP contribution >= 0.6 is 0 Å². The maximum Gasteiger partial charge on any atom is 0.153 e. The molecule has 2 aromatic rings. The number of para-hydroxylation sites is 1. The predicted octanol–water partition coefficient (Wildman–Crippen LogP) is 4.89. The highest BCUT2D eigenvalue weighted by Gasteiger charge is 2.17. The van der Waals surface area contributed by atoms with Crippen molar-refractivity contribution in [2.45, 2.75) is 32.6 Å². The molecule has 0 heterocycles. The molecule has 0 aliphatic heterocycles. The maximum atomic E-state index is 13.3. The summed E-state index contributed by atoms with van der Waals surface area (Å²) in [4.78, 5) is 0. The summed E-state index contributed by atoms with van der Waals surface area (Å²) in [6.07, 6.45) is 1.06. The summed E-state index contributed by atoms with van der Waals surface area (Å²) in [5.74, 6) is 0.525. The molecule has 3 heteroatoms. The van der Waals surface area contributed by atoms with Crippen molar-refractivity contribution in [1.29, 1.82) is 0 Å². The maximum absolute atomic E-state index is 13.3. The van der Waals surface area contributed by atoms with Crippen LogP contribution in [0, 0.1) is 5.82 Å². The highest BCUT2D eigenvalue weighted by molar-refractivity contribution is 5.54. The van der Waals surface area contributed by atoms with Gasteiger partial charge in [-0.15, -0.1) is 0 Å². The number of hydrogen-bond donors (Lipinski definition) is 1. The van der Waals surface area contributed by atoms with E-state index in [2.05, 4.69) is 20.8 Å². The highest BCUT2D eigenvalue weighted by atomic mass is 19.1. The summed E-state index contributed by atoms with van der Waals surface area (Å²) in [5.41, 5.74) is 7.07. The van der Waals surface area contributed by atoms with Gasteiger partial charge >= 0.3 is 0 Å². The Morgan fingerprint density at radius 2 is 1.75 bits per heavy atom. The second-order valence-corrected chi connectivity index (χ2v) is 5.52. The van der Waals surface area contributed by atoms with E-state index in [4.69, 9.17) is 10.5 Å². The fraction of sp³-hybridized carbons (Fsp3) is 0.294. The monoisotopic (exact) mass is 273 g/mol. The smallest absolute Gasteiger partial charge is 0.153 e. The van der Waals surface area contributed by atoms with Crippen molar-refractivity contribution >= 4 is 5.69 Å². The second-order valence-electron chi connectivity index (χ2n) is 5.52. The molecule has 2 N–H and O–H groups in total. The van der Waals surface area contributed by atoms with Crippen molar-refractivity contribution in [3.8, 4) is 11.5 Å². The van der Waals surface area contributed by atoms with E-state index in [9.17, 15) is 4.39 Å². The normalized spacial score (nSPS) is 11.4. The van der Waals surface area contributed by atoms with Crippen LogP contribution in [0.15, 0.2) is 42.5 Å². The first-order valence-corrected chi connectivity index (χ1v) is 6.76. The van der Waals surface area contributed by atoms with E-state index in [0.29, 0.717) is 11.5 Å². The Morgan fingerprint density at radius 3 is 2.35 bits per heavy atom. The Balaban J connectivity index is 2.21. The molecule has 106 valence electrons. The highest BCUT2D eigenvalue weighted by Crippen LogP contribution is 2.32. The van der Waals surface area contributed by atoms with Crippen molar-refractivity contribution in [3.05, 3.63) is 53.8 Å². The van der Waals surface area contributed by atoms with Gasteiger partial charge in [-0.05, 0) is 41.7 Å². The van der Waals surface area contributed by atoms with Crippen LogP contribution in [0.25, 0.3) is 0 Å². The van der Waals surface area contributed by atoms with E-state index in [1.165, 1.54) is 11.6 Å². The second kappa shape index (κ2) is 5.53. The van der Waals surface area contributed by atoms with Gasteiger partial charge in [-0.2, -0.15) is 0 Å². The van der Waals surface area contributed by atoms with Gasteiger partial charge in [-0.1, -0.05) is 39.0 Å². The SMILES string of the molecule is CCC(C)(C)c1ccc(Oc2cccc(F)c2N)cc1. The van der Waals surface area contributed by atoms with Crippen LogP contribution in [0.1, 0.15) is 32.8 Å². The van der Waals surface area contributed by atoms with Gasteiger partial charge in [-0.3, -0.25) is 0 Å². The standard InChI is InChI=1S/C17H20FNO/c1-4-17(2,3)12-8-10-13(11-9-12)20-15-7-5-6-14(18)16(15)19/h5-11H,4,19H2,1-3H3. The number of ether oxygens (including phenoxy) is 1. The molecule has 0 aliphatic carbocycles. The molecule has 0 saturated heterocycles. The first kappa shape index (κ1) is 14.4.